The highest BCUT2D eigenvalue weighted by Gasteiger charge is 2.32. The number of aryl methyl sites for hydroxylation is 1. The molecule has 0 amide bonds. The molecular weight excluding hydrogens is 438 g/mol. The van der Waals surface area contributed by atoms with Crippen LogP contribution in [0.2, 0.25) is 5.02 Å². The van der Waals surface area contributed by atoms with Crippen LogP contribution in [0, 0.1) is 6.92 Å². The van der Waals surface area contributed by atoms with Gasteiger partial charge in [0.25, 0.3) is 0 Å². The molecule has 31 heavy (non-hydrogen) atoms. The van der Waals surface area contributed by atoms with Gasteiger partial charge in [0.15, 0.2) is 0 Å². The summed E-state index contributed by atoms with van der Waals surface area (Å²) in [6.45, 7) is 1.18. The highest BCUT2D eigenvalue weighted by atomic mass is 35.5. The number of rotatable bonds is 8. The van der Waals surface area contributed by atoms with Crippen molar-refractivity contribution in [3.63, 3.8) is 0 Å². The number of carbonyl (C=O) groups is 1. The van der Waals surface area contributed by atoms with Crippen LogP contribution < -0.4 is 0 Å². The van der Waals surface area contributed by atoms with Crippen molar-refractivity contribution >= 4 is 27.6 Å². The summed E-state index contributed by atoms with van der Waals surface area (Å²) in [5.41, 5.74) is 1.92. The standard InChI is InChI=1S/C23H22ClNO5S/c1-16-13-17(7-12-21(16)23(27)28)14-25(22(15-26)18-5-3-2-4-6-18)31(29,30)20-10-8-19(24)9-11-20/h2-13,22,26H,14-15H2,1H3,(H,27,28)/t22-/m0/s1. The summed E-state index contributed by atoms with van der Waals surface area (Å²) in [6.07, 6.45) is 0. The van der Waals surface area contributed by atoms with E-state index in [0.29, 0.717) is 21.7 Å². The van der Waals surface area contributed by atoms with Crippen LogP contribution in [0.3, 0.4) is 0 Å². The first-order valence-corrected chi connectivity index (χ1v) is 11.3. The van der Waals surface area contributed by atoms with Gasteiger partial charge in [0.2, 0.25) is 10.0 Å². The van der Waals surface area contributed by atoms with Gasteiger partial charge in [-0.3, -0.25) is 0 Å². The van der Waals surface area contributed by atoms with E-state index in [1.165, 1.54) is 34.6 Å². The predicted octanol–water partition coefficient (Wildman–Crippen LogP) is 4.27. The number of sulfonamides is 1. The lowest BCUT2D eigenvalue weighted by Crippen LogP contribution is -2.36. The van der Waals surface area contributed by atoms with Crippen molar-refractivity contribution in [1.82, 2.24) is 4.31 Å². The van der Waals surface area contributed by atoms with Gasteiger partial charge in [0.05, 0.1) is 23.1 Å². The normalized spacial score (nSPS) is 12.6. The molecule has 8 heteroatoms. The summed E-state index contributed by atoms with van der Waals surface area (Å²) in [7, 11) is -4.02. The van der Waals surface area contributed by atoms with E-state index < -0.39 is 28.6 Å². The lowest BCUT2D eigenvalue weighted by Gasteiger charge is -2.30. The van der Waals surface area contributed by atoms with E-state index in [0.717, 1.165) is 0 Å². The van der Waals surface area contributed by atoms with Crippen molar-refractivity contribution in [3.8, 4) is 0 Å². The van der Waals surface area contributed by atoms with Gasteiger partial charge in [-0.25, -0.2) is 13.2 Å². The van der Waals surface area contributed by atoms with E-state index in [4.69, 9.17) is 11.6 Å². The molecule has 3 aromatic carbocycles. The first-order valence-electron chi connectivity index (χ1n) is 9.50. The Labute approximate surface area is 186 Å². The SMILES string of the molecule is Cc1cc(CN([C@@H](CO)c2ccccc2)S(=O)(=O)c2ccc(Cl)cc2)ccc1C(=O)O. The van der Waals surface area contributed by atoms with E-state index >= 15 is 0 Å². The number of hydrogen-bond acceptors (Lipinski definition) is 4. The second-order valence-electron chi connectivity index (χ2n) is 7.07. The minimum atomic E-state index is -4.02. The number of benzene rings is 3. The molecule has 0 saturated carbocycles. The molecular formula is C23H22ClNO5S. The molecule has 162 valence electrons. The van der Waals surface area contributed by atoms with Crippen LogP contribution >= 0.6 is 11.6 Å². The molecule has 3 aromatic rings. The first-order chi connectivity index (χ1) is 14.7. The molecule has 0 aliphatic carbocycles. The number of nitrogens with zero attached hydrogens (tertiary/aromatic N) is 1. The zero-order chi connectivity index (χ0) is 22.6. The molecule has 0 radical (unpaired) electrons. The van der Waals surface area contributed by atoms with E-state index in [1.54, 1.807) is 43.3 Å². The third kappa shape index (κ3) is 5.14. The van der Waals surface area contributed by atoms with Crippen molar-refractivity contribution in [2.24, 2.45) is 0 Å². The molecule has 0 fully saturated rings. The molecule has 1 atom stereocenters. The van der Waals surface area contributed by atoms with Gasteiger partial charge in [0.1, 0.15) is 0 Å². The summed E-state index contributed by atoms with van der Waals surface area (Å²) in [5, 5.41) is 19.8. The fraction of sp³-hybridized carbons (Fsp3) is 0.174. The number of carboxylic acids is 1. The molecule has 0 aliphatic rings. The molecule has 0 heterocycles. The van der Waals surface area contributed by atoms with E-state index in [-0.39, 0.29) is 17.0 Å². The highest BCUT2D eigenvalue weighted by Crippen LogP contribution is 2.30. The van der Waals surface area contributed by atoms with Gasteiger partial charge in [-0.2, -0.15) is 4.31 Å². The summed E-state index contributed by atoms with van der Waals surface area (Å²) >= 11 is 5.92. The quantitative estimate of drug-likeness (QED) is 0.524. The maximum Gasteiger partial charge on any atom is 0.335 e. The van der Waals surface area contributed by atoms with Crippen molar-refractivity contribution in [2.75, 3.05) is 6.61 Å². The number of aromatic carboxylic acids is 1. The highest BCUT2D eigenvalue weighted by molar-refractivity contribution is 7.89. The second kappa shape index (κ2) is 9.62. The van der Waals surface area contributed by atoms with Crippen molar-refractivity contribution in [1.29, 1.82) is 0 Å². The monoisotopic (exact) mass is 459 g/mol. The zero-order valence-electron chi connectivity index (χ0n) is 16.8. The van der Waals surface area contributed by atoms with Crippen LogP contribution in [0.1, 0.15) is 33.1 Å². The Balaban J connectivity index is 2.09. The molecule has 6 nitrogen and oxygen atoms in total. The van der Waals surface area contributed by atoms with Gasteiger partial charge in [0, 0.05) is 11.6 Å². The maximum absolute atomic E-state index is 13.6. The van der Waals surface area contributed by atoms with Crippen LogP contribution in [0.4, 0.5) is 0 Å². The van der Waals surface area contributed by atoms with Crippen molar-refractivity contribution in [3.05, 3.63) is 100 Å². The zero-order valence-corrected chi connectivity index (χ0v) is 18.3. The van der Waals surface area contributed by atoms with Crippen LogP contribution in [-0.2, 0) is 16.6 Å². The Morgan fingerprint density at radius 3 is 2.23 bits per heavy atom. The summed E-state index contributed by atoms with van der Waals surface area (Å²) in [5.74, 6) is -1.05. The van der Waals surface area contributed by atoms with Gasteiger partial charge in [-0.1, -0.05) is 54.1 Å². The minimum absolute atomic E-state index is 0.0464. The van der Waals surface area contributed by atoms with Gasteiger partial charge < -0.3 is 10.2 Å². The van der Waals surface area contributed by atoms with Crippen LogP contribution in [0.25, 0.3) is 0 Å². The third-order valence-corrected chi connectivity index (χ3v) is 7.11. The number of hydrogen-bond donors (Lipinski definition) is 2. The topological polar surface area (TPSA) is 94.9 Å². The molecule has 3 rings (SSSR count). The molecule has 0 saturated heterocycles. The van der Waals surface area contributed by atoms with Crippen molar-refractivity contribution < 1.29 is 23.4 Å². The Morgan fingerprint density at radius 2 is 1.68 bits per heavy atom. The molecule has 0 aliphatic heterocycles. The lowest BCUT2D eigenvalue weighted by molar-refractivity contribution is 0.0696. The molecule has 0 bridgehead atoms. The van der Waals surface area contributed by atoms with Crippen LogP contribution in [0.5, 0.6) is 0 Å². The molecule has 2 N–H and O–H groups in total. The van der Waals surface area contributed by atoms with E-state index in [1.807, 2.05) is 6.07 Å². The Bertz CT molecular complexity index is 1160. The minimum Gasteiger partial charge on any atom is -0.478 e. The summed E-state index contributed by atoms with van der Waals surface area (Å²) in [6, 6.07) is 18.5. The summed E-state index contributed by atoms with van der Waals surface area (Å²) < 4.78 is 28.3. The van der Waals surface area contributed by atoms with Crippen molar-refractivity contribution in [2.45, 2.75) is 24.4 Å². The number of aliphatic hydroxyl groups excluding tert-OH is 1. The largest absolute Gasteiger partial charge is 0.478 e. The van der Waals surface area contributed by atoms with E-state index in [2.05, 4.69) is 0 Å². The van der Waals surface area contributed by atoms with Gasteiger partial charge in [-0.05, 0) is 53.9 Å². The van der Waals surface area contributed by atoms with Crippen LogP contribution in [-0.4, -0.2) is 35.5 Å². The van der Waals surface area contributed by atoms with Crippen LogP contribution in [0.15, 0.2) is 77.7 Å². The maximum atomic E-state index is 13.6. The number of carboxylic acid groups (broad SMARTS) is 1. The van der Waals surface area contributed by atoms with Gasteiger partial charge >= 0.3 is 5.97 Å². The lowest BCUT2D eigenvalue weighted by atomic mass is 10.0. The Kier molecular flexibility index (Phi) is 7.12. The Hall–Kier alpha value is -2.71. The molecule has 0 aromatic heterocycles. The summed E-state index contributed by atoms with van der Waals surface area (Å²) in [4.78, 5) is 11.4. The molecule has 0 unspecified atom stereocenters. The average molecular weight is 460 g/mol. The molecule has 0 spiro atoms. The fourth-order valence-corrected chi connectivity index (χ4v) is 5.11. The smallest absolute Gasteiger partial charge is 0.335 e. The number of halogens is 1. The predicted molar refractivity (Wildman–Crippen MR) is 119 cm³/mol. The Morgan fingerprint density at radius 1 is 1.03 bits per heavy atom. The van der Waals surface area contributed by atoms with Gasteiger partial charge in [-0.15, -0.1) is 0 Å². The fourth-order valence-electron chi connectivity index (χ4n) is 3.39. The number of aliphatic hydroxyl groups is 1. The average Bonchev–Trinajstić information content (AvgIpc) is 2.74. The third-order valence-electron chi connectivity index (χ3n) is 4.98. The van der Waals surface area contributed by atoms with E-state index in [9.17, 15) is 23.4 Å². The second-order valence-corrected chi connectivity index (χ2v) is 9.39. The first kappa shape index (κ1) is 23.0.